The van der Waals surface area contributed by atoms with Crippen molar-refractivity contribution in [3.63, 3.8) is 0 Å². The average molecular weight is 348 g/mol. The first-order valence-corrected chi connectivity index (χ1v) is 9.39. The lowest BCUT2D eigenvalue weighted by molar-refractivity contribution is -0.136. The lowest BCUT2D eigenvalue weighted by Crippen LogP contribution is -2.41. The number of methoxy groups -OCH3 is 1. The van der Waals surface area contributed by atoms with Crippen LogP contribution in [0.3, 0.4) is 0 Å². The van der Waals surface area contributed by atoms with Gasteiger partial charge in [-0.05, 0) is 63.5 Å². The molecule has 1 fully saturated rings. The van der Waals surface area contributed by atoms with Gasteiger partial charge >= 0.3 is 0 Å². The van der Waals surface area contributed by atoms with E-state index in [2.05, 4.69) is 10.2 Å². The highest BCUT2D eigenvalue weighted by molar-refractivity contribution is 5.97. The standard InChI is InChI=1S/C20H32N2O3/c1-4-20(2,24-3)19(23)21-17-9-11-18(12-10-17)25-16-15-22-13-7-5-6-8-14-22/h9-12H,4-8,13-16H2,1-3H3,(H,21,23)/t20-/m1/s1. The molecule has 5 heteroatoms. The van der Waals surface area contributed by atoms with Crippen molar-refractivity contribution in [2.75, 3.05) is 38.7 Å². The van der Waals surface area contributed by atoms with Crippen molar-refractivity contribution in [1.29, 1.82) is 0 Å². The number of benzene rings is 1. The van der Waals surface area contributed by atoms with E-state index in [0.717, 1.165) is 18.0 Å². The van der Waals surface area contributed by atoms with Gasteiger partial charge in [-0.25, -0.2) is 0 Å². The minimum atomic E-state index is -0.803. The third kappa shape index (κ3) is 6.01. The van der Waals surface area contributed by atoms with E-state index >= 15 is 0 Å². The number of ether oxygens (including phenoxy) is 2. The van der Waals surface area contributed by atoms with Gasteiger partial charge in [-0.15, -0.1) is 0 Å². The van der Waals surface area contributed by atoms with Crippen LogP contribution >= 0.6 is 0 Å². The molecule has 1 amide bonds. The summed E-state index contributed by atoms with van der Waals surface area (Å²) in [5.74, 6) is 0.699. The normalized spacial score (nSPS) is 18.2. The largest absolute Gasteiger partial charge is 0.492 e. The molecule has 0 unspecified atom stereocenters. The van der Waals surface area contributed by atoms with Gasteiger partial charge in [0.25, 0.3) is 5.91 Å². The van der Waals surface area contributed by atoms with Crippen LogP contribution in [0.25, 0.3) is 0 Å². The molecular formula is C20H32N2O3. The highest BCUT2D eigenvalue weighted by Crippen LogP contribution is 2.20. The zero-order valence-corrected chi connectivity index (χ0v) is 15.8. The van der Waals surface area contributed by atoms with Gasteiger partial charge in [0.05, 0.1) is 0 Å². The van der Waals surface area contributed by atoms with Crippen LogP contribution in [0.5, 0.6) is 5.75 Å². The maximum atomic E-state index is 12.3. The Bertz CT molecular complexity index is 518. The first-order valence-electron chi connectivity index (χ1n) is 9.39. The van der Waals surface area contributed by atoms with E-state index in [0.29, 0.717) is 13.0 Å². The molecule has 0 aliphatic carbocycles. The van der Waals surface area contributed by atoms with Crippen LogP contribution < -0.4 is 10.1 Å². The highest BCUT2D eigenvalue weighted by Gasteiger charge is 2.30. The summed E-state index contributed by atoms with van der Waals surface area (Å²) in [5, 5.41) is 2.90. The molecule has 0 spiro atoms. The Balaban J connectivity index is 1.78. The topological polar surface area (TPSA) is 50.8 Å². The fourth-order valence-corrected chi connectivity index (χ4v) is 2.95. The van der Waals surface area contributed by atoms with Gasteiger partial charge < -0.3 is 14.8 Å². The summed E-state index contributed by atoms with van der Waals surface area (Å²) in [7, 11) is 1.56. The van der Waals surface area contributed by atoms with Gasteiger partial charge in [0.1, 0.15) is 18.0 Å². The highest BCUT2D eigenvalue weighted by atomic mass is 16.5. The molecular weight excluding hydrogens is 316 g/mol. The first-order chi connectivity index (χ1) is 12.1. The quantitative estimate of drug-likeness (QED) is 0.778. The maximum Gasteiger partial charge on any atom is 0.256 e. The molecule has 1 aromatic rings. The lowest BCUT2D eigenvalue weighted by atomic mass is 10.0. The number of nitrogens with one attached hydrogen (secondary N) is 1. The maximum absolute atomic E-state index is 12.3. The molecule has 0 aromatic heterocycles. The smallest absolute Gasteiger partial charge is 0.256 e. The Morgan fingerprint density at radius 3 is 2.36 bits per heavy atom. The second-order valence-corrected chi connectivity index (χ2v) is 6.87. The molecule has 5 nitrogen and oxygen atoms in total. The Hall–Kier alpha value is -1.59. The summed E-state index contributed by atoms with van der Waals surface area (Å²) in [5.41, 5.74) is -0.0518. The van der Waals surface area contributed by atoms with Crippen LogP contribution in [-0.2, 0) is 9.53 Å². The fraction of sp³-hybridized carbons (Fsp3) is 0.650. The van der Waals surface area contributed by atoms with Crippen LogP contribution in [0.2, 0.25) is 0 Å². The number of amides is 1. The van der Waals surface area contributed by atoms with Gasteiger partial charge in [-0.3, -0.25) is 9.69 Å². The molecule has 2 rings (SSSR count). The fourth-order valence-electron chi connectivity index (χ4n) is 2.95. The number of carbonyl (C=O) groups is 1. The lowest BCUT2D eigenvalue weighted by Gasteiger charge is -2.25. The average Bonchev–Trinajstić information content (AvgIpc) is 2.91. The number of hydrogen-bond donors (Lipinski definition) is 1. The van der Waals surface area contributed by atoms with Crippen molar-refractivity contribution >= 4 is 11.6 Å². The van der Waals surface area contributed by atoms with E-state index < -0.39 is 5.60 Å². The molecule has 1 aliphatic heterocycles. The number of carbonyl (C=O) groups excluding carboxylic acids is 1. The predicted octanol–water partition coefficient (Wildman–Crippen LogP) is 3.70. The van der Waals surface area contributed by atoms with Crippen LogP contribution in [0.4, 0.5) is 5.69 Å². The molecule has 0 bridgehead atoms. The summed E-state index contributed by atoms with van der Waals surface area (Å²) >= 11 is 0. The predicted molar refractivity (Wildman–Crippen MR) is 101 cm³/mol. The van der Waals surface area contributed by atoms with Crippen molar-refractivity contribution in [1.82, 2.24) is 4.90 Å². The number of hydrogen-bond acceptors (Lipinski definition) is 4. The van der Waals surface area contributed by atoms with E-state index in [1.807, 2.05) is 31.2 Å². The molecule has 0 saturated carbocycles. The van der Waals surface area contributed by atoms with E-state index in [-0.39, 0.29) is 5.91 Å². The SMILES string of the molecule is CC[C@@](C)(OC)C(=O)Nc1ccc(OCCN2CCCCCC2)cc1. The van der Waals surface area contributed by atoms with Crippen molar-refractivity contribution < 1.29 is 14.3 Å². The summed E-state index contributed by atoms with van der Waals surface area (Å²) in [6.45, 7) is 7.77. The van der Waals surface area contributed by atoms with E-state index in [4.69, 9.17) is 9.47 Å². The summed E-state index contributed by atoms with van der Waals surface area (Å²) in [4.78, 5) is 14.8. The molecule has 1 heterocycles. The van der Waals surface area contributed by atoms with Crippen LogP contribution in [0, 0.1) is 0 Å². The number of likely N-dealkylation sites (tertiary alicyclic amines) is 1. The van der Waals surface area contributed by atoms with E-state index in [1.165, 1.54) is 38.8 Å². The van der Waals surface area contributed by atoms with E-state index in [1.54, 1.807) is 14.0 Å². The zero-order chi connectivity index (χ0) is 18.1. The van der Waals surface area contributed by atoms with Crippen molar-refractivity contribution in [2.24, 2.45) is 0 Å². The summed E-state index contributed by atoms with van der Waals surface area (Å²) in [6.07, 6.45) is 5.92. The molecule has 140 valence electrons. The Labute approximate surface area is 151 Å². The minimum absolute atomic E-state index is 0.132. The van der Waals surface area contributed by atoms with Gasteiger partial charge in [-0.2, -0.15) is 0 Å². The van der Waals surface area contributed by atoms with Crippen molar-refractivity contribution in [3.05, 3.63) is 24.3 Å². The number of nitrogens with zero attached hydrogens (tertiary/aromatic N) is 1. The third-order valence-electron chi connectivity index (χ3n) is 5.09. The van der Waals surface area contributed by atoms with Crippen LogP contribution in [0.15, 0.2) is 24.3 Å². The molecule has 25 heavy (non-hydrogen) atoms. The van der Waals surface area contributed by atoms with Gasteiger partial charge in [-0.1, -0.05) is 19.8 Å². The van der Waals surface area contributed by atoms with Crippen LogP contribution in [0.1, 0.15) is 46.0 Å². The third-order valence-corrected chi connectivity index (χ3v) is 5.09. The summed E-state index contributed by atoms with van der Waals surface area (Å²) in [6, 6.07) is 7.53. The monoisotopic (exact) mass is 348 g/mol. The van der Waals surface area contributed by atoms with Crippen LogP contribution in [-0.4, -0.2) is 49.8 Å². The number of rotatable bonds is 8. The van der Waals surface area contributed by atoms with Crippen molar-refractivity contribution in [2.45, 2.75) is 51.6 Å². The summed E-state index contributed by atoms with van der Waals surface area (Å²) < 4.78 is 11.2. The molecule has 1 saturated heterocycles. The van der Waals surface area contributed by atoms with Gasteiger partial charge in [0.2, 0.25) is 0 Å². The Kier molecular flexibility index (Phi) is 7.72. The van der Waals surface area contributed by atoms with Gasteiger partial charge in [0.15, 0.2) is 0 Å². The Morgan fingerprint density at radius 2 is 1.80 bits per heavy atom. The number of anilines is 1. The first kappa shape index (κ1) is 19.7. The molecule has 1 aliphatic rings. The van der Waals surface area contributed by atoms with Gasteiger partial charge in [0, 0.05) is 19.3 Å². The second-order valence-electron chi connectivity index (χ2n) is 6.87. The second kappa shape index (κ2) is 9.78. The minimum Gasteiger partial charge on any atom is -0.492 e. The molecule has 1 aromatic carbocycles. The molecule has 0 radical (unpaired) electrons. The Morgan fingerprint density at radius 1 is 1.16 bits per heavy atom. The molecule has 1 atom stereocenters. The van der Waals surface area contributed by atoms with Crippen molar-refractivity contribution in [3.8, 4) is 5.75 Å². The van der Waals surface area contributed by atoms with E-state index in [9.17, 15) is 4.79 Å². The molecule has 1 N–H and O–H groups in total. The zero-order valence-electron chi connectivity index (χ0n) is 15.8.